The number of halogens is 3. The minimum Gasteiger partial charge on any atom is -0.489 e. The van der Waals surface area contributed by atoms with E-state index in [4.69, 9.17) is 15.2 Å². The number of H-pyrrole nitrogens is 1. The number of nitrogen functional groups attached to an aromatic ring is 1. The Hall–Kier alpha value is -4.29. The van der Waals surface area contributed by atoms with Gasteiger partial charge in [0.05, 0.1) is 33.8 Å². The summed E-state index contributed by atoms with van der Waals surface area (Å²) in [5.41, 5.74) is 8.86. The number of aryl methyl sites for hydroxylation is 1. The van der Waals surface area contributed by atoms with Gasteiger partial charge in [-0.05, 0) is 84.4 Å². The molecule has 12 heteroatoms. The number of anilines is 1. The van der Waals surface area contributed by atoms with Crippen LogP contribution in [0.4, 0.5) is 14.6 Å². The second-order valence-corrected chi connectivity index (χ2v) is 12.5. The average Bonchev–Trinajstić information content (AvgIpc) is 3.58. The van der Waals surface area contributed by atoms with Crippen molar-refractivity contribution < 1.29 is 23.0 Å². The van der Waals surface area contributed by atoms with Gasteiger partial charge >= 0.3 is 0 Å². The van der Waals surface area contributed by atoms with Crippen LogP contribution in [0.15, 0.2) is 59.3 Å². The van der Waals surface area contributed by atoms with Gasteiger partial charge in [-0.1, -0.05) is 12.5 Å². The largest absolute Gasteiger partial charge is 0.489 e. The summed E-state index contributed by atoms with van der Waals surface area (Å²) in [7, 11) is 0. The van der Waals surface area contributed by atoms with Gasteiger partial charge in [0, 0.05) is 36.1 Å². The van der Waals surface area contributed by atoms with Crippen molar-refractivity contribution in [1.82, 2.24) is 24.6 Å². The van der Waals surface area contributed by atoms with E-state index >= 15 is 0 Å². The Labute approximate surface area is 266 Å². The molecule has 0 atom stereocenters. The number of aromatic amines is 1. The Balaban J connectivity index is 1.07. The lowest BCUT2D eigenvalue weighted by Crippen LogP contribution is -2.46. The Kier molecular flexibility index (Phi) is 7.78. The Morgan fingerprint density at radius 1 is 1.07 bits per heavy atom. The van der Waals surface area contributed by atoms with Gasteiger partial charge in [-0.2, -0.15) is 5.10 Å². The number of nitrogens with zero attached hydrogens (tertiary/aromatic N) is 4. The van der Waals surface area contributed by atoms with Crippen LogP contribution >= 0.6 is 15.9 Å². The molecular weight excluding hydrogens is 646 g/mol. The minimum absolute atomic E-state index is 0.00557. The maximum absolute atomic E-state index is 14.0. The van der Waals surface area contributed by atoms with E-state index < -0.39 is 17.4 Å². The van der Waals surface area contributed by atoms with Gasteiger partial charge in [0.15, 0.2) is 11.6 Å². The summed E-state index contributed by atoms with van der Waals surface area (Å²) >= 11 is 3.64. The number of carbonyl (C=O) groups excluding carboxylic acids is 1. The fourth-order valence-electron chi connectivity index (χ4n) is 5.99. The molecule has 1 saturated carbocycles. The molecule has 3 aromatic heterocycles. The van der Waals surface area contributed by atoms with Crippen molar-refractivity contribution in [2.45, 2.75) is 51.2 Å². The molecule has 3 N–H and O–H groups in total. The summed E-state index contributed by atoms with van der Waals surface area (Å²) < 4.78 is 42.0. The molecule has 45 heavy (non-hydrogen) atoms. The predicted molar refractivity (Wildman–Crippen MR) is 169 cm³/mol. The Morgan fingerprint density at radius 2 is 1.82 bits per heavy atom. The highest BCUT2D eigenvalue weighted by atomic mass is 79.9. The number of piperidine rings is 1. The van der Waals surface area contributed by atoms with Crippen LogP contribution < -0.4 is 15.2 Å². The molecule has 1 saturated heterocycles. The molecule has 1 aliphatic heterocycles. The van der Waals surface area contributed by atoms with Gasteiger partial charge in [0.1, 0.15) is 17.7 Å². The maximum atomic E-state index is 14.0. The molecule has 7 rings (SSSR count). The number of hydrogen-bond acceptors (Lipinski definition) is 7. The lowest BCUT2D eigenvalue weighted by atomic mass is 9.90. The molecule has 2 aromatic carbocycles. The van der Waals surface area contributed by atoms with Crippen molar-refractivity contribution in [3.8, 4) is 23.1 Å². The summed E-state index contributed by atoms with van der Waals surface area (Å²) in [5.74, 6) is -1.68. The van der Waals surface area contributed by atoms with Crippen molar-refractivity contribution in [3.05, 3.63) is 87.8 Å². The molecule has 232 valence electrons. The molecule has 2 fully saturated rings. The molecule has 0 amide bonds. The van der Waals surface area contributed by atoms with Crippen LogP contribution in [0.25, 0.3) is 16.6 Å². The molecular formula is C33H31BrF2N6O3. The van der Waals surface area contributed by atoms with Gasteiger partial charge in [-0.3, -0.25) is 4.79 Å². The van der Waals surface area contributed by atoms with Gasteiger partial charge in [0.2, 0.25) is 17.4 Å². The molecule has 0 radical (unpaired) electrons. The third kappa shape index (κ3) is 5.68. The van der Waals surface area contributed by atoms with Crippen molar-refractivity contribution in [2.24, 2.45) is 0 Å². The number of ketones is 1. The molecule has 0 unspecified atom stereocenters. The standard InChI is InChI=1S/C33H31BrF2N6O3/c1-18-12-30(45-32-24(35)6-3-7-25(32)36)38-17-28(18)42-33(37)22(16-39-42)31(43)27-13-19-14-29(23(34)15-26(19)40-27)44-21-8-10-41(11-9-21)20-4-2-5-20/h3,6-7,12-17,20-21,40H,2,4-5,8-11,37H2,1H3. The van der Waals surface area contributed by atoms with Gasteiger partial charge in [-0.15, -0.1) is 0 Å². The van der Waals surface area contributed by atoms with E-state index in [-0.39, 0.29) is 29.1 Å². The highest BCUT2D eigenvalue weighted by Gasteiger charge is 2.30. The van der Waals surface area contributed by atoms with Crippen molar-refractivity contribution in [1.29, 1.82) is 0 Å². The monoisotopic (exact) mass is 676 g/mol. The smallest absolute Gasteiger partial charge is 0.219 e. The van der Waals surface area contributed by atoms with E-state index in [9.17, 15) is 13.6 Å². The number of pyridine rings is 1. The lowest BCUT2D eigenvalue weighted by molar-refractivity contribution is 0.0491. The van der Waals surface area contributed by atoms with Crippen molar-refractivity contribution >= 4 is 38.4 Å². The summed E-state index contributed by atoms with van der Waals surface area (Å²) in [6.07, 6.45) is 8.94. The van der Waals surface area contributed by atoms with Crippen LogP contribution in [0.5, 0.6) is 17.4 Å². The van der Waals surface area contributed by atoms with E-state index in [1.165, 1.54) is 48.5 Å². The van der Waals surface area contributed by atoms with E-state index in [2.05, 4.69) is 35.9 Å². The number of nitrogens with one attached hydrogen (secondary N) is 1. The minimum atomic E-state index is -0.842. The number of nitrogens with two attached hydrogens (primary N) is 1. The fourth-order valence-corrected chi connectivity index (χ4v) is 6.43. The number of para-hydroxylation sites is 1. The molecule has 1 aliphatic carbocycles. The maximum Gasteiger partial charge on any atom is 0.219 e. The van der Waals surface area contributed by atoms with Crippen LogP contribution in [0.1, 0.15) is 53.7 Å². The van der Waals surface area contributed by atoms with E-state index in [1.807, 2.05) is 12.1 Å². The number of fused-ring (bicyclic) bond motifs is 1. The quantitative estimate of drug-likeness (QED) is 0.169. The zero-order valence-electron chi connectivity index (χ0n) is 24.5. The molecule has 5 aromatic rings. The number of benzene rings is 2. The summed E-state index contributed by atoms with van der Waals surface area (Å²) in [6, 6.07) is 11.4. The molecule has 0 bridgehead atoms. The van der Waals surface area contributed by atoms with E-state index in [1.54, 1.807) is 13.0 Å². The average molecular weight is 678 g/mol. The normalized spacial score (nSPS) is 16.2. The van der Waals surface area contributed by atoms with Gasteiger partial charge < -0.3 is 25.1 Å². The Bertz CT molecular complexity index is 1890. The summed E-state index contributed by atoms with van der Waals surface area (Å²) in [4.78, 5) is 23.5. The first-order chi connectivity index (χ1) is 21.7. The van der Waals surface area contributed by atoms with Crippen LogP contribution in [0.3, 0.4) is 0 Å². The predicted octanol–water partition coefficient (Wildman–Crippen LogP) is 7.10. The molecule has 0 spiro atoms. The van der Waals surface area contributed by atoms with E-state index in [0.717, 1.165) is 65.2 Å². The third-order valence-electron chi connectivity index (χ3n) is 8.74. The summed E-state index contributed by atoms with van der Waals surface area (Å²) in [6.45, 7) is 3.87. The van der Waals surface area contributed by atoms with Crippen molar-refractivity contribution in [3.63, 3.8) is 0 Å². The first kappa shape index (κ1) is 29.4. The number of aromatic nitrogens is 4. The number of likely N-dealkylation sites (tertiary alicyclic amines) is 1. The van der Waals surface area contributed by atoms with Crippen LogP contribution in [0.2, 0.25) is 0 Å². The third-order valence-corrected chi connectivity index (χ3v) is 9.36. The zero-order chi connectivity index (χ0) is 31.2. The summed E-state index contributed by atoms with van der Waals surface area (Å²) in [5, 5.41) is 5.18. The lowest BCUT2D eigenvalue weighted by Gasteiger charge is -2.41. The number of rotatable bonds is 8. The number of carbonyl (C=O) groups is 1. The fraction of sp³-hybridized carbons (Fsp3) is 0.303. The van der Waals surface area contributed by atoms with Gasteiger partial charge in [-0.25, -0.2) is 18.4 Å². The van der Waals surface area contributed by atoms with Crippen LogP contribution in [0, 0.1) is 18.6 Å². The number of hydrogen-bond donors (Lipinski definition) is 2. The highest BCUT2D eigenvalue weighted by Crippen LogP contribution is 2.35. The van der Waals surface area contributed by atoms with Gasteiger partial charge in [0.25, 0.3) is 0 Å². The second kappa shape index (κ2) is 11.9. The zero-order valence-corrected chi connectivity index (χ0v) is 26.1. The van der Waals surface area contributed by atoms with Crippen LogP contribution in [-0.4, -0.2) is 55.7 Å². The highest BCUT2D eigenvalue weighted by molar-refractivity contribution is 9.10. The number of ether oxygens (including phenoxy) is 2. The SMILES string of the molecule is Cc1cc(Oc2c(F)cccc2F)ncc1-n1ncc(C(=O)c2cc3cc(OC4CCN(C5CCC5)CC4)c(Br)cc3[nH]2)c1N. The van der Waals surface area contributed by atoms with E-state index in [0.29, 0.717) is 16.9 Å². The first-order valence-electron chi connectivity index (χ1n) is 14.9. The Morgan fingerprint density at radius 3 is 2.51 bits per heavy atom. The second-order valence-electron chi connectivity index (χ2n) is 11.6. The first-order valence-corrected chi connectivity index (χ1v) is 15.7. The molecule has 4 heterocycles. The molecule has 9 nitrogen and oxygen atoms in total. The van der Waals surface area contributed by atoms with Crippen molar-refractivity contribution in [2.75, 3.05) is 18.8 Å². The van der Waals surface area contributed by atoms with Crippen LogP contribution in [-0.2, 0) is 0 Å². The molecule has 2 aliphatic rings. The topological polar surface area (TPSA) is 111 Å².